The van der Waals surface area contributed by atoms with Gasteiger partial charge in [0, 0.05) is 11.4 Å². The van der Waals surface area contributed by atoms with Gasteiger partial charge in [-0.05, 0) is 24.3 Å². The fourth-order valence-electron chi connectivity index (χ4n) is 2.48. The van der Waals surface area contributed by atoms with E-state index in [1.807, 2.05) is 0 Å². The van der Waals surface area contributed by atoms with E-state index in [4.69, 9.17) is 0 Å². The Balaban J connectivity index is 2.27. The van der Waals surface area contributed by atoms with Crippen molar-refractivity contribution in [1.29, 1.82) is 0 Å². The maximum Gasteiger partial charge on any atom is 0.238 e. The third kappa shape index (κ3) is 6.14. The average Bonchev–Trinajstić information content (AvgIpc) is 2.70. The maximum atomic E-state index is 12.9. The molecule has 27 heavy (non-hydrogen) atoms. The van der Waals surface area contributed by atoms with Crippen LogP contribution in [0.1, 0.15) is 0 Å². The van der Waals surface area contributed by atoms with Crippen LogP contribution in [-0.4, -0.2) is 40.8 Å². The number of carbonyl (C=O) groups is 2. The zero-order valence-corrected chi connectivity index (χ0v) is 17.2. The van der Waals surface area contributed by atoms with Gasteiger partial charge >= 0.3 is 0 Å². The van der Waals surface area contributed by atoms with Crippen molar-refractivity contribution in [2.24, 2.45) is 0 Å². The van der Waals surface area contributed by atoms with Crippen molar-refractivity contribution in [3.63, 3.8) is 0 Å². The number of amides is 2. The van der Waals surface area contributed by atoms with E-state index < -0.39 is 31.8 Å². The van der Waals surface area contributed by atoms with E-state index in [9.17, 15) is 19.0 Å². The number of anilines is 2. The summed E-state index contributed by atoms with van der Waals surface area (Å²) < 4.78 is 12.9. The van der Waals surface area contributed by atoms with Gasteiger partial charge in [0.1, 0.15) is 12.6 Å². The largest absolute Gasteiger partial charge is 0.342 e. The molecule has 0 aliphatic carbocycles. The van der Waals surface area contributed by atoms with E-state index in [1.54, 1.807) is 60.7 Å². The third-order valence-electron chi connectivity index (χ3n) is 3.73. The molecule has 6 nitrogen and oxygen atoms in total. The minimum Gasteiger partial charge on any atom is -0.342 e. The highest BCUT2D eigenvalue weighted by Gasteiger charge is 2.31. The van der Waals surface area contributed by atoms with Gasteiger partial charge in [-0.15, -0.1) is 0 Å². The van der Waals surface area contributed by atoms with Gasteiger partial charge in [-0.25, -0.2) is 0 Å². The summed E-state index contributed by atoms with van der Waals surface area (Å²) in [5.41, 5.74) is 0.996. The van der Waals surface area contributed by atoms with Crippen molar-refractivity contribution in [2.45, 2.75) is 0 Å². The summed E-state index contributed by atoms with van der Waals surface area (Å²) in [6, 6.07) is 17.2. The van der Waals surface area contributed by atoms with Crippen LogP contribution in [0.25, 0.3) is 0 Å². The average molecular weight is 424 g/mol. The van der Waals surface area contributed by atoms with Crippen LogP contribution in [0.5, 0.6) is 0 Å². The third-order valence-corrected chi connectivity index (χ3v) is 5.72. The van der Waals surface area contributed by atoms with Crippen molar-refractivity contribution in [3.05, 3.63) is 60.7 Å². The molecule has 2 rings (SSSR count). The van der Waals surface area contributed by atoms with Gasteiger partial charge in [-0.2, -0.15) is 25.3 Å². The predicted octanol–water partition coefficient (Wildman–Crippen LogP) is 3.10. The van der Waals surface area contributed by atoms with Crippen LogP contribution in [0, 0.1) is 0 Å². The summed E-state index contributed by atoms with van der Waals surface area (Å²) >= 11 is 7.98. The molecule has 0 unspecified atom stereocenters. The molecule has 0 bridgehead atoms. The van der Waals surface area contributed by atoms with Crippen LogP contribution >= 0.6 is 32.6 Å². The van der Waals surface area contributed by atoms with Gasteiger partial charge in [0.15, 0.2) is 0 Å². The Bertz CT molecular complexity index is 755. The molecule has 0 saturated heterocycles. The first-order valence-corrected chi connectivity index (χ1v) is 11.4. The molecule has 0 aliphatic rings. The van der Waals surface area contributed by atoms with E-state index in [-0.39, 0.29) is 11.5 Å². The van der Waals surface area contributed by atoms with Gasteiger partial charge in [-0.3, -0.25) is 14.2 Å². The molecule has 2 amide bonds. The topological polar surface area (TPSA) is 77.9 Å². The Morgan fingerprint density at radius 2 is 1.11 bits per heavy atom. The Hall–Kier alpha value is -1.73. The predicted molar refractivity (Wildman–Crippen MR) is 115 cm³/mol. The molecule has 1 N–H and O–H groups in total. The Labute approximate surface area is 169 Å². The number of hydrogen-bond acceptors (Lipinski definition) is 5. The smallest absolute Gasteiger partial charge is 0.238 e. The monoisotopic (exact) mass is 424 g/mol. The second kappa shape index (κ2) is 9.99. The molecule has 0 radical (unpaired) electrons. The summed E-state index contributed by atoms with van der Waals surface area (Å²) in [4.78, 5) is 37.6. The Morgan fingerprint density at radius 3 is 1.41 bits per heavy atom. The Morgan fingerprint density at radius 1 is 0.778 bits per heavy atom. The highest BCUT2D eigenvalue weighted by Crippen LogP contribution is 2.44. The lowest BCUT2D eigenvalue weighted by Gasteiger charge is -2.29. The quantitative estimate of drug-likeness (QED) is 0.450. The van der Waals surface area contributed by atoms with Crippen molar-refractivity contribution >= 4 is 55.8 Å². The molecule has 0 atom stereocenters. The van der Waals surface area contributed by atoms with Crippen LogP contribution < -0.4 is 9.80 Å². The maximum absolute atomic E-state index is 12.9. The van der Waals surface area contributed by atoms with E-state index >= 15 is 0 Å². The first-order chi connectivity index (χ1) is 12.9. The van der Waals surface area contributed by atoms with Crippen molar-refractivity contribution in [3.8, 4) is 0 Å². The number of nitrogens with zero attached hydrogens (tertiary/aromatic N) is 2. The minimum atomic E-state index is -3.93. The molecule has 2 aromatic rings. The zero-order chi connectivity index (χ0) is 19.9. The second-order valence-corrected chi connectivity index (χ2v) is 8.65. The van der Waals surface area contributed by atoms with Crippen LogP contribution in [0.4, 0.5) is 11.4 Å². The summed E-state index contributed by atoms with van der Waals surface area (Å²) in [6.07, 6.45) is -0.834. The first-order valence-electron chi connectivity index (χ1n) is 8.11. The molecule has 2 aromatic carbocycles. The molecule has 0 spiro atoms. The van der Waals surface area contributed by atoms with E-state index in [0.717, 1.165) is 0 Å². The summed E-state index contributed by atoms with van der Waals surface area (Å²) in [5.74, 6) is -1.00. The van der Waals surface area contributed by atoms with Gasteiger partial charge in [-0.1, -0.05) is 36.4 Å². The first kappa shape index (κ1) is 21.6. The van der Waals surface area contributed by atoms with Crippen LogP contribution in [0.3, 0.4) is 0 Å². The van der Waals surface area contributed by atoms with Crippen LogP contribution in [0.2, 0.25) is 0 Å². The second-order valence-electron chi connectivity index (χ2n) is 5.76. The minimum absolute atomic E-state index is 0.104. The van der Waals surface area contributed by atoms with E-state index in [1.165, 1.54) is 9.80 Å². The zero-order valence-electron chi connectivity index (χ0n) is 14.5. The van der Waals surface area contributed by atoms with Gasteiger partial charge < -0.3 is 14.7 Å². The number of carbonyl (C=O) groups excluding carboxylic acids is 2. The van der Waals surface area contributed by atoms with Crippen LogP contribution in [0.15, 0.2) is 60.7 Å². The molecule has 144 valence electrons. The molecular weight excluding hydrogens is 403 g/mol. The Kier molecular flexibility index (Phi) is 7.98. The van der Waals surface area contributed by atoms with E-state index in [2.05, 4.69) is 25.3 Å². The highest BCUT2D eigenvalue weighted by molar-refractivity contribution is 7.81. The van der Waals surface area contributed by atoms with Gasteiger partial charge in [0.2, 0.25) is 19.2 Å². The number of rotatable bonds is 8. The molecule has 0 fully saturated rings. The summed E-state index contributed by atoms with van der Waals surface area (Å²) in [5, 5.41) is 0. The molecular formula is C18H21N2O4PS2. The SMILES string of the molecule is O=C(CS)N(CP(=O)(O)CN(C(=O)CS)c1ccccc1)c1ccccc1. The molecule has 0 aromatic heterocycles. The molecule has 0 saturated carbocycles. The van der Waals surface area contributed by atoms with Gasteiger partial charge in [0.05, 0.1) is 11.5 Å². The standard InChI is InChI=1S/C18H21N2O4PS2/c21-17(11-26)19(15-7-3-1-4-8-15)13-25(23,24)14-20(18(22)12-27)16-9-5-2-6-10-16/h1-10,26-27H,11-14H2,(H,23,24). The number of para-hydroxylation sites is 2. The number of hydrogen-bond donors (Lipinski definition) is 3. The van der Waals surface area contributed by atoms with Crippen molar-refractivity contribution < 1.29 is 19.0 Å². The number of thiol groups is 2. The van der Waals surface area contributed by atoms with Crippen LogP contribution in [-0.2, 0) is 14.2 Å². The fourth-order valence-corrected chi connectivity index (χ4v) is 4.44. The van der Waals surface area contributed by atoms with Gasteiger partial charge in [0.25, 0.3) is 0 Å². The van der Waals surface area contributed by atoms with E-state index in [0.29, 0.717) is 11.4 Å². The molecule has 9 heteroatoms. The lowest BCUT2D eigenvalue weighted by atomic mass is 10.3. The fraction of sp³-hybridized carbons (Fsp3) is 0.222. The summed E-state index contributed by atoms with van der Waals surface area (Å²) in [6.45, 7) is 0. The lowest BCUT2D eigenvalue weighted by molar-refractivity contribution is -0.116. The normalized spacial score (nSPS) is 11.1. The summed E-state index contributed by atoms with van der Waals surface area (Å²) in [7, 11) is -3.93. The van der Waals surface area contributed by atoms with Crippen molar-refractivity contribution in [1.82, 2.24) is 0 Å². The number of benzene rings is 2. The van der Waals surface area contributed by atoms with Crippen molar-refractivity contribution in [2.75, 3.05) is 33.9 Å². The highest BCUT2D eigenvalue weighted by atomic mass is 32.1. The lowest BCUT2D eigenvalue weighted by Crippen LogP contribution is -2.37. The molecule has 0 heterocycles. The molecule has 0 aliphatic heterocycles.